The Hall–Kier alpha value is -0.730. The highest BCUT2D eigenvalue weighted by Gasteiger charge is 2.03. The van der Waals surface area contributed by atoms with E-state index in [4.69, 9.17) is 0 Å². The first-order valence-corrected chi connectivity index (χ1v) is 2.62. The molecular weight excluding hydrogens is 124 g/mol. The van der Waals surface area contributed by atoms with Gasteiger partial charge in [0, 0.05) is 6.20 Å². The fourth-order valence-corrected chi connectivity index (χ4v) is 0.248. The van der Waals surface area contributed by atoms with Crippen molar-refractivity contribution in [2.24, 2.45) is 4.99 Å². The van der Waals surface area contributed by atoms with Gasteiger partial charge < -0.3 is 0 Å². The van der Waals surface area contributed by atoms with Crippen LogP contribution >= 0.6 is 0 Å². The van der Waals surface area contributed by atoms with Crippen molar-refractivity contribution >= 4 is 5.71 Å². The van der Waals surface area contributed by atoms with E-state index in [0.29, 0.717) is 0 Å². The van der Waals surface area contributed by atoms with Crippen molar-refractivity contribution in [2.75, 3.05) is 0 Å². The lowest BCUT2D eigenvalue weighted by Crippen LogP contribution is -2.03. The topological polar surface area (TPSA) is 12.4 Å². The molecule has 0 aromatic carbocycles. The molecule has 0 spiro atoms. The molecule has 0 atom stereocenters. The third-order valence-electron chi connectivity index (χ3n) is 0.743. The molecule has 0 bridgehead atoms. The minimum atomic E-state index is -2.43. The Morgan fingerprint density at radius 1 is 1.56 bits per heavy atom. The summed E-state index contributed by atoms with van der Waals surface area (Å²) in [5.41, 5.74) is -0.145. The Labute approximate surface area is 53.1 Å². The van der Waals surface area contributed by atoms with Crippen LogP contribution in [0, 0.1) is 0 Å². The van der Waals surface area contributed by atoms with Gasteiger partial charge in [0.1, 0.15) is 0 Å². The lowest BCUT2D eigenvalue weighted by molar-refractivity contribution is 0.225. The summed E-state index contributed by atoms with van der Waals surface area (Å²) in [4.78, 5) is 3.43. The summed E-state index contributed by atoms with van der Waals surface area (Å²) in [6.07, 6.45) is 0.522. The highest BCUT2D eigenvalue weighted by atomic mass is 19.3. The molecule has 0 saturated carbocycles. The molecule has 3 heteroatoms. The minimum absolute atomic E-state index is 0.145. The SMILES string of the molecule is C/C=C/N=C(C)C(F)F. The fraction of sp³-hybridized carbons (Fsp3) is 0.500. The van der Waals surface area contributed by atoms with E-state index in [1.807, 2.05) is 0 Å². The van der Waals surface area contributed by atoms with Gasteiger partial charge in [-0.1, -0.05) is 6.08 Å². The van der Waals surface area contributed by atoms with Crippen LogP contribution in [0.15, 0.2) is 17.3 Å². The number of hydrogen-bond acceptors (Lipinski definition) is 1. The van der Waals surface area contributed by atoms with E-state index in [1.165, 1.54) is 13.1 Å². The van der Waals surface area contributed by atoms with Crippen molar-refractivity contribution in [1.29, 1.82) is 0 Å². The summed E-state index contributed by atoms with van der Waals surface area (Å²) < 4.78 is 23.2. The molecule has 0 saturated heterocycles. The molecule has 9 heavy (non-hydrogen) atoms. The number of aliphatic imine (C=N–C) groups is 1. The maximum atomic E-state index is 11.6. The molecule has 0 aromatic heterocycles. The molecule has 52 valence electrons. The summed E-state index contributed by atoms with van der Waals surface area (Å²) in [6, 6.07) is 0. The number of alkyl halides is 2. The van der Waals surface area contributed by atoms with Crippen molar-refractivity contribution in [3.8, 4) is 0 Å². The smallest absolute Gasteiger partial charge is 0.260 e. The average Bonchev–Trinajstić information content (AvgIpc) is 1.82. The molecule has 0 aliphatic heterocycles. The van der Waals surface area contributed by atoms with Crippen LogP contribution in [0.1, 0.15) is 13.8 Å². The Kier molecular flexibility index (Phi) is 3.84. The zero-order valence-corrected chi connectivity index (χ0v) is 5.44. The zero-order chi connectivity index (χ0) is 7.28. The van der Waals surface area contributed by atoms with Crippen molar-refractivity contribution in [3.05, 3.63) is 12.3 Å². The van der Waals surface area contributed by atoms with Crippen LogP contribution in [-0.2, 0) is 0 Å². The molecule has 0 aliphatic rings. The highest BCUT2D eigenvalue weighted by Crippen LogP contribution is 1.95. The van der Waals surface area contributed by atoms with Gasteiger partial charge in [-0.2, -0.15) is 0 Å². The number of rotatable bonds is 2. The van der Waals surface area contributed by atoms with Crippen molar-refractivity contribution in [2.45, 2.75) is 20.3 Å². The largest absolute Gasteiger partial charge is 0.276 e. The first-order chi connectivity index (χ1) is 4.18. The third-order valence-corrected chi connectivity index (χ3v) is 0.743. The van der Waals surface area contributed by atoms with Crippen LogP contribution < -0.4 is 0 Å². The molecule has 0 rings (SSSR count). The van der Waals surface area contributed by atoms with Gasteiger partial charge in [0.25, 0.3) is 6.43 Å². The lowest BCUT2D eigenvalue weighted by Gasteiger charge is -1.92. The molecule has 0 aromatic rings. The summed E-state index contributed by atoms with van der Waals surface area (Å²) in [7, 11) is 0. The first-order valence-electron chi connectivity index (χ1n) is 2.62. The number of halogens is 2. The molecule has 0 N–H and O–H groups in total. The van der Waals surface area contributed by atoms with E-state index in [9.17, 15) is 8.78 Å². The Bertz CT molecular complexity index is 127. The van der Waals surface area contributed by atoms with Crippen molar-refractivity contribution < 1.29 is 8.78 Å². The van der Waals surface area contributed by atoms with Gasteiger partial charge in [-0.05, 0) is 13.8 Å². The van der Waals surface area contributed by atoms with Crippen LogP contribution in [-0.4, -0.2) is 12.1 Å². The summed E-state index contributed by atoms with van der Waals surface area (Å²) in [5.74, 6) is 0. The molecule has 0 heterocycles. The molecule has 0 fully saturated rings. The van der Waals surface area contributed by atoms with Crippen LogP contribution in [0.4, 0.5) is 8.78 Å². The number of allylic oxidation sites excluding steroid dienone is 1. The number of nitrogens with zero attached hydrogens (tertiary/aromatic N) is 1. The second-order valence-corrected chi connectivity index (χ2v) is 1.55. The van der Waals surface area contributed by atoms with Crippen molar-refractivity contribution in [1.82, 2.24) is 0 Å². The Morgan fingerprint density at radius 2 is 2.11 bits per heavy atom. The summed E-state index contributed by atoms with van der Waals surface area (Å²) in [6.45, 7) is 3.02. The molecule has 0 amide bonds. The van der Waals surface area contributed by atoms with Gasteiger partial charge in [0.15, 0.2) is 0 Å². The van der Waals surface area contributed by atoms with Crippen LogP contribution in [0.5, 0.6) is 0 Å². The van der Waals surface area contributed by atoms with E-state index >= 15 is 0 Å². The normalized spacial score (nSPS) is 13.7. The van der Waals surface area contributed by atoms with Crippen molar-refractivity contribution in [3.63, 3.8) is 0 Å². The highest BCUT2D eigenvalue weighted by molar-refractivity contribution is 5.85. The van der Waals surface area contributed by atoms with Crippen LogP contribution in [0.25, 0.3) is 0 Å². The van der Waals surface area contributed by atoms with E-state index < -0.39 is 6.43 Å². The monoisotopic (exact) mass is 133 g/mol. The maximum Gasteiger partial charge on any atom is 0.276 e. The van der Waals surface area contributed by atoms with Gasteiger partial charge in [-0.15, -0.1) is 0 Å². The molecule has 0 aliphatic carbocycles. The van der Waals surface area contributed by atoms with Gasteiger partial charge in [0.2, 0.25) is 0 Å². The first kappa shape index (κ1) is 8.27. The van der Waals surface area contributed by atoms with Crippen LogP contribution in [0.2, 0.25) is 0 Å². The minimum Gasteiger partial charge on any atom is -0.260 e. The van der Waals surface area contributed by atoms with Gasteiger partial charge in [-0.3, -0.25) is 4.99 Å². The quantitative estimate of drug-likeness (QED) is 0.512. The van der Waals surface area contributed by atoms with Crippen LogP contribution in [0.3, 0.4) is 0 Å². The van der Waals surface area contributed by atoms with E-state index in [-0.39, 0.29) is 5.71 Å². The van der Waals surface area contributed by atoms with Gasteiger partial charge in [-0.25, -0.2) is 8.78 Å². The number of hydrogen-bond donors (Lipinski definition) is 0. The molecule has 0 radical (unpaired) electrons. The standard InChI is InChI=1S/C6H9F2N/c1-3-4-9-5(2)6(7)8/h3-4,6H,1-2H3/b4-3+,9-5?. The Morgan fingerprint density at radius 3 is 2.44 bits per heavy atom. The fourth-order valence-electron chi connectivity index (χ4n) is 0.248. The molecule has 0 unspecified atom stereocenters. The third kappa shape index (κ3) is 3.82. The molecule has 1 nitrogen and oxygen atoms in total. The van der Waals surface area contributed by atoms with E-state index in [1.54, 1.807) is 13.0 Å². The molecular formula is C6H9F2N. The zero-order valence-electron chi connectivity index (χ0n) is 5.44. The average molecular weight is 133 g/mol. The second-order valence-electron chi connectivity index (χ2n) is 1.55. The Balaban J connectivity index is 3.84. The van der Waals surface area contributed by atoms with Gasteiger partial charge in [0.05, 0.1) is 5.71 Å². The predicted octanol–water partition coefficient (Wildman–Crippen LogP) is 2.25. The van der Waals surface area contributed by atoms with Gasteiger partial charge >= 0.3 is 0 Å². The summed E-state index contributed by atoms with van der Waals surface area (Å²) >= 11 is 0. The van der Waals surface area contributed by atoms with E-state index in [2.05, 4.69) is 4.99 Å². The predicted molar refractivity (Wildman–Crippen MR) is 33.9 cm³/mol. The lowest BCUT2D eigenvalue weighted by atomic mass is 10.4. The maximum absolute atomic E-state index is 11.6. The summed E-state index contributed by atoms with van der Waals surface area (Å²) in [5, 5.41) is 0. The second kappa shape index (κ2) is 4.18. The van der Waals surface area contributed by atoms with E-state index in [0.717, 1.165) is 0 Å².